The number of hydrazone groups is 1. The van der Waals surface area contributed by atoms with Crippen LogP contribution in [0.5, 0.6) is 0 Å². The second-order valence-electron chi connectivity index (χ2n) is 8.02. The number of aromatic amines is 1. The Morgan fingerprint density at radius 3 is 2.62 bits per heavy atom. The first kappa shape index (κ1) is 18.4. The molecule has 1 amide bonds. The molecular formula is C19H25N3O4. The largest absolute Gasteiger partial charge is 0.451 e. The number of esters is 1. The normalized spacial score (nSPS) is 27.5. The van der Waals surface area contributed by atoms with Crippen molar-refractivity contribution in [3.8, 4) is 0 Å². The third-order valence-corrected chi connectivity index (χ3v) is 6.47. The van der Waals surface area contributed by atoms with Crippen LogP contribution < -0.4 is 5.43 Å². The lowest BCUT2D eigenvalue weighted by molar-refractivity contribution is -0.124. The van der Waals surface area contributed by atoms with E-state index in [0.717, 1.165) is 18.6 Å². The summed E-state index contributed by atoms with van der Waals surface area (Å²) >= 11 is 0. The summed E-state index contributed by atoms with van der Waals surface area (Å²) in [5.41, 5.74) is 4.25. The van der Waals surface area contributed by atoms with E-state index in [-0.39, 0.29) is 22.3 Å². The van der Waals surface area contributed by atoms with Gasteiger partial charge in [-0.1, -0.05) is 20.8 Å². The summed E-state index contributed by atoms with van der Waals surface area (Å²) in [6.07, 6.45) is 4.62. The number of amides is 1. The average Bonchev–Trinajstić information content (AvgIpc) is 3.21. The highest BCUT2D eigenvalue weighted by Gasteiger charge is 2.60. The van der Waals surface area contributed by atoms with Gasteiger partial charge in [0.05, 0.1) is 0 Å². The number of fused-ring (bicyclic) bond motifs is 2. The van der Waals surface area contributed by atoms with Crippen molar-refractivity contribution in [1.29, 1.82) is 0 Å². The summed E-state index contributed by atoms with van der Waals surface area (Å²) < 4.78 is 4.96. The van der Waals surface area contributed by atoms with E-state index in [2.05, 4.69) is 36.3 Å². The summed E-state index contributed by atoms with van der Waals surface area (Å²) in [4.78, 5) is 37.8. The molecular weight excluding hydrogens is 334 g/mol. The molecule has 0 aliphatic heterocycles. The molecule has 7 nitrogen and oxygen atoms in total. The Balaban J connectivity index is 1.53. The molecule has 0 aromatic carbocycles. The van der Waals surface area contributed by atoms with Crippen LogP contribution in [0, 0.1) is 16.7 Å². The highest BCUT2D eigenvalue weighted by atomic mass is 16.5. The molecule has 1 heterocycles. The number of aromatic nitrogens is 1. The number of nitrogens with zero attached hydrogens (tertiary/aromatic N) is 1. The number of rotatable bonds is 5. The predicted octanol–water partition coefficient (Wildman–Crippen LogP) is 2.69. The molecule has 2 atom stereocenters. The second-order valence-corrected chi connectivity index (χ2v) is 8.02. The van der Waals surface area contributed by atoms with E-state index in [9.17, 15) is 14.4 Å². The molecule has 2 aliphatic rings. The molecule has 0 saturated heterocycles. The summed E-state index contributed by atoms with van der Waals surface area (Å²) in [5, 5.41) is 4.32. The van der Waals surface area contributed by atoms with Gasteiger partial charge >= 0.3 is 5.97 Å². The Morgan fingerprint density at radius 1 is 1.35 bits per heavy atom. The van der Waals surface area contributed by atoms with E-state index >= 15 is 0 Å². The molecule has 2 N–H and O–H groups in total. The van der Waals surface area contributed by atoms with Crippen LogP contribution in [0.2, 0.25) is 0 Å². The van der Waals surface area contributed by atoms with Gasteiger partial charge in [0.15, 0.2) is 12.4 Å². The lowest BCUT2D eigenvalue weighted by Crippen LogP contribution is -2.34. The minimum Gasteiger partial charge on any atom is -0.451 e. The van der Waals surface area contributed by atoms with E-state index in [0.29, 0.717) is 11.5 Å². The Morgan fingerprint density at radius 2 is 2.08 bits per heavy atom. The zero-order valence-corrected chi connectivity index (χ0v) is 15.6. The summed E-state index contributed by atoms with van der Waals surface area (Å²) in [6, 6.07) is 1.40. The van der Waals surface area contributed by atoms with Gasteiger partial charge in [0.25, 0.3) is 5.91 Å². The number of hydrogen-bond donors (Lipinski definition) is 2. The van der Waals surface area contributed by atoms with Gasteiger partial charge in [0.1, 0.15) is 5.69 Å². The van der Waals surface area contributed by atoms with Crippen molar-refractivity contribution in [3.63, 3.8) is 0 Å². The summed E-state index contributed by atoms with van der Waals surface area (Å²) in [7, 11) is 0. The Hall–Kier alpha value is -2.44. The van der Waals surface area contributed by atoms with Crippen LogP contribution >= 0.6 is 0 Å². The third kappa shape index (κ3) is 2.95. The molecule has 1 aromatic rings. The first-order chi connectivity index (χ1) is 12.1. The van der Waals surface area contributed by atoms with Gasteiger partial charge in [-0.2, -0.15) is 5.10 Å². The van der Waals surface area contributed by atoms with Crippen LogP contribution in [0.3, 0.4) is 0 Å². The Bertz CT molecular complexity index is 792. The number of Topliss-reactive ketones (excluding diaryl/α,β-unsaturated/α-hetero) is 1. The number of H-pyrrole nitrogens is 1. The van der Waals surface area contributed by atoms with Crippen molar-refractivity contribution < 1.29 is 19.1 Å². The highest BCUT2D eigenvalue weighted by molar-refractivity contribution is 5.98. The second kappa shape index (κ2) is 6.37. The monoisotopic (exact) mass is 359 g/mol. The van der Waals surface area contributed by atoms with E-state index < -0.39 is 18.5 Å². The molecule has 1 aromatic heterocycles. The van der Waals surface area contributed by atoms with Gasteiger partial charge in [-0.15, -0.1) is 0 Å². The van der Waals surface area contributed by atoms with Crippen LogP contribution in [0.1, 0.15) is 67.8 Å². The van der Waals surface area contributed by atoms with Crippen LogP contribution in [0.4, 0.5) is 0 Å². The topological polar surface area (TPSA) is 101 Å². The maximum Gasteiger partial charge on any atom is 0.355 e. The number of ether oxygens (including phenoxy) is 1. The van der Waals surface area contributed by atoms with Crippen molar-refractivity contribution in [2.24, 2.45) is 21.8 Å². The quantitative estimate of drug-likeness (QED) is 0.479. The summed E-state index contributed by atoms with van der Waals surface area (Å²) in [6.45, 7) is 7.73. The zero-order chi connectivity index (χ0) is 19.1. The number of hydrogen-bond acceptors (Lipinski definition) is 5. The smallest absolute Gasteiger partial charge is 0.355 e. The van der Waals surface area contributed by atoms with Crippen molar-refractivity contribution >= 4 is 23.4 Å². The molecule has 3 rings (SSSR count). The van der Waals surface area contributed by atoms with Crippen molar-refractivity contribution in [3.05, 3.63) is 23.5 Å². The number of nitrogens with one attached hydrogen (secondary N) is 2. The first-order valence-electron chi connectivity index (χ1n) is 8.87. The lowest BCUT2D eigenvalue weighted by atomic mass is 9.70. The van der Waals surface area contributed by atoms with Gasteiger partial charge in [-0.05, 0) is 43.6 Å². The van der Waals surface area contributed by atoms with E-state index in [4.69, 9.17) is 4.74 Å². The highest BCUT2D eigenvalue weighted by Crippen LogP contribution is 2.63. The molecule has 2 aliphatic carbocycles. The number of carbonyl (C=O) groups is 3. The molecule has 0 spiro atoms. The Labute approximate surface area is 152 Å². The van der Waals surface area contributed by atoms with Gasteiger partial charge in [0, 0.05) is 22.9 Å². The van der Waals surface area contributed by atoms with E-state index in [1.807, 2.05) is 0 Å². The molecule has 0 radical (unpaired) electrons. The average molecular weight is 359 g/mol. The standard InChI is InChI=1S/C19H25N3O4/c1-11(23)12-7-14(20-9-12)17(25)26-10-16(24)22-21-15-8-13-5-6-19(15,4)18(13,2)3/h7,9,13,20H,5-6,8,10H2,1-4H3,(H,22,24). The minimum atomic E-state index is -0.687. The maximum absolute atomic E-state index is 12.0. The molecule has 2 fully saturated rings. The minimum absolute atomic E-state index is 0.00889. The fourth-order valence-corrected chi connectivity index (χ4v) is 4.18. The molecule has 2 unspecified atom stereocenters. The third-order valence-electron chi connectivity index (χ3n) is 6.47. The SMILES string of the molecule is CC(=O)c1c[nH]c(C(=O)OCC(=O)NN=C2CC3CCC2(C)C3(C)C)c1. The first-order valence-corrected chi connectivity index (χ1v) is 8.87. The summed E-state index contributed by atoms with van der Waals surface area (Å²) in [5.74, 6) is -0.720. The van der Waals surface area contributed by atoms with Crippen molar-refractivity contribution in [2.45, 2.75) is 47.0 Å². The van der Waals surface area contributed by atoms with Crippen LogP contribution in [0.15, 0.2) is 17.4 Å². The number of ketones is 1. The molecule has 2 bridgehead atoms. The van der Waals surface area contributed by atoms with Gasteiger partial charge in [-0.3, -0.25) is 9.59 Å². The van der Waals surface area contributed by atoms with Crippen LogP contribution in [0.25, 0.3) is 0 Å². The van der Waals surface area contributed by atoms with Crippen molar-refractivity contribution in [1.82, 2.24) is 10.4 Å². The molecule has 7 heteroatoms. The fourth-order valence-electron chi connectivity index (χ4n) is 4.18. The zero-order valence-electron chi connectivity index (χ0n) is 15.6. The van der Waals surface area contributed by atoms with E-state index in [1.54, 1.807) is 0 Å². The Kier molecular flexibility index (Phi) is 4.50. The molecule has 26 heavy (non-hydrogen) atoms. The molecule has 2 saturated carbocycles. The predicted molar refractivity (Wildman–Crippen MR) is 95.9 cm³/mol. The van der Waals surface area contributed by atoms with Gasteiger partial charge < -0.3 is 9.72 Å². The number of carbonyl (C=O) groups excluding carboxylic acids is 3. The lowest BCUT2D eigenvalue weighted by Gasteiger charge is -2.34. The van der Waals surface area contributed by atoms with E-state index in [1.165, 1.54) is 25.6 Å². The fraction of sp³-hybridized carbons (Fsp3) is 0.579. The van der Waals surface area contributed by atoms with Crippen molar-refractivity contribution in [2.75, 3.05) is 6.61 Å². The van der Waals surface area contributed by atoms with Gasteiger partial charge in [-0.25, -0.2) is 10.2 Å². The van der Waals surface area contributed by atoms with Crippen LogP contribution in [-0.4, -0.2) is 35.0 Å². The van der Waals surface area contributed by atoms with Crippen LogP contribution in [-0.2, 0) is 9.53 Å². The van der Waals surface area contributed by atoms with Gasteiger partial charge in [0.2, 0.25) is 0 Å². The molecule has 140 valence electrons. The maximum atomic E-state index is 12.0.